The number of methoxy groups -OCH3 is 1. The van der Waals surface area contributed by atoms with Gasteiger partial charge in [0, 0.05) is 23.2 Å². The van der Waals surface area contributed by atoms with Crippen LogP contribution in [0.2, 0.25) is 0 Å². The molecule has 0 spiro atoms. The molecule has 4 aliphatic carbocycles. The summed E-state index contributed by atoms with van der Waals surface area (Å²) in [4.78, 5) is 23.6. The number of esters is 1. The maximum atomic E-state index is 11.9. The van der Waals surface area contributed by atoms with Crippen LogP contribution in [0, 0.1) is 39.7 Å². The lowest BCUT2D eigenvalue weighted by atomic mass is 9.47. The number of nitrogens with zero attached hydrogens (tertiary/aromatic N) is 1. The highest BCUT2D eigenvalue weighted by molar-refractivity contribution is 5.71. The molecule has 4 saturated carbocycles. The van der Waals surface area contributed by atoms with Crippen molar-refractivity contribution in [1.82, 2.24) is 0 Å². The van der Waals surface area contributed by atoms with Crippen LogP contribution in [0.25, 0.3) is 0 Å². The Hall–Kier alpha value is -1.13. The summed E-state index contributed by atoms with van der Waals surface area (Å²) in [5.74, 6) is 1.02. The summed E-state index contributed by atoms with van der Waals surface area (Å²) in [7, 11) is 1.36. The van der Waals surface area contributed by atoms with E-state index < -0.39 is 5.54 Å². The topological polar surface area (TPSA) is 69.4 Å². The molecule has 0 aromatic rings. The molecule has 0 aromatic carbocycles. The zero-order valence-electron chi connectivity index (χ0n) is 12.2. The van der Waals surface area contributed by atoms with Gasteiger partial charge in [0.1, 0.15) is 0 Å². The highest BCUT2D eigenvalue weighted by atomic mass is 16.6. The van der Waals surface area contributed by atoms with Crippen LogP contribution in [0.1, 0.15) is 45.4 Å². The average Bonchev–Trinajstić information content (AvgIpc) is 2.40. The lowest BCUT2D eigenvalue weighted by molar-refractivity contribution is -0.606. The summed E-state index contributed by atoms with van der Waals surface area (Å²) in [6, 6.07) is 0. The van der Waals surface area contributed by atoms with E-state index in [1.807, 2.05) is 0 Å². The zero-order valence-corrected chi connectivity index (χ0v) is 12.2. The Balaban J connectivity index is 1.89. The van der Waals surface area contributed by atoms with E-state index in [1.54, 1.807) is 6.92 Å². The molecule has 4 fully saturated rings. The van der Waals surface area contributed by atoms with E-state index in [0.29, 0.717) is 18.3 Å². The van der Waals surface area contributed by atoms with Gasteiger partial charge in [0.05, 0.1) is 13.0 Å². The fraction of sp³-hybridized carbons (Fsp3) is 0.933. The van der Waals surface area contributed by atoms with Crippen molar-refractivity contribution in [3.8, 4) is 0 Å². The summed E-state index contributed by atoms with van der Waals surface area (Å²) >= 11 is 0. The summed E-state index contributed by atoms with van der Waals surface area (Å²) in [6.07, 6.45) is 5.57. The second kappa shape index (κ2) is 4.71. The quantitative estimate of drug-likeness (QED) is 0.451. The SMILES string of the molecule is COC(=O)C(C)CC1([N+](=O)[O-])C2CC3CC(C2)CC1C3. The Morgan fingerprint density at radius 1 is 1.25 bits per heavy atom. The average molecular weight is 281 g/mol. The lowest BCUT2D eigenvalue weighted by Gasteiger charge is -2.56. The van der Waals surface area contributed by atoms with Crippen molar-refractivity contribution < 1.29 is 14.5 Å². The highest BCUT2D eigenvalue weighted by Crippen LogP contribution is 2.60. The van der Waals surface area contributed by atoms with E-state index in [1.165, 1.54) is 13.5 Å². The Morgan fingerprint density at radius 3 is 2.15 bits per heavy atom. The number of hydrogen-bond donors (Lipinski definition) is 0. The minimum atomic E-state index is -0.874. The number of hydrogen-bond acceptors (Lipinski definition) is 4. The molecule has 20 heavy (non-hydrogen) atoms. The van der Waals surface area contributed by atoms with E-state index in [2.05, 4.69) is 0 Å². The third-order valence-electron chi connectivity index (χ3n) is 6.13. The summed E-state index contributed by atoms with van der Waals surface area (Å²) in [5, 5.41) is 11.9. The van der Waals surface area contributed by atoms with Gasteiger partial charge in [-0.3, -0.25) is 14.9 Å². The van der Waals surface area contributed by atoms with E-state index >= 15 is 0 Å². The van der Waals surface area contributed by atoms with Gasteiger partial charge in [0.15, 0.2) is 0 Å². The third kappa shape index (κ3) is 1.85. The third-order valence-corrected chi connectivity index (χ3v) is 6.13. The predicted octanol–water partition coefficient (Wildman–Crippen LogP) is 2.66. The van der Waals surface area contributed by atoms with Crippen molar-refractivity contribution in [1.29, 1.82) is 0 Å². The van der Waals surface area contributed by atoms with Gasteiger partial charge in [0.2, 0.25) is 5.54 Å². The number of carbonyl (C=O) groups is 1. The maximum Gasteiger partial charge on any atom is 0.308 e. The van der Waals surface area contributed by atoms with Crippen LogP contribution in [0.15, 0.2) is 0 Å². The van der Waals surface area contributed by atoms with Crippen LogP contribution in [-0.4, -0.2) is 23.5 Å². The van der Waals surface area contributed by atoms with Crippen molar-refractivity contribution in [2.24, 2.45) is 29.6 Å². The minimum absolute atomic E-state index is 0.0421. The molecule has 0 aliphatic heterocycles. The zero-order chi connectivity index (χ0) is 14.5. The van der Waals surface area contributed by atoms with E-state index in [9.17, 15) is 14.9 Å². The van der Waals surface area contributed by atoms with Gasteiger partial charge in [-0.1, -0.05) is 6.92 Å². The first-order valence-electron chi connectivity index (χ1n) is 7.69. The number of rotatable bonds is 4. The number of nitro groups is 1. The molecule has 0 amide bonds. The molecule has 4 aliphatic rings. The molecule has 0 aromatic heterocycles. The molecule has 0 N–H and O–H groups in total. The van der Waals surface area contributed by atoms with Crippen molar-refractivity contribution in [3.63, 3.8) is 0 Å². The molecule has 0 heterocycles. The Morgan fingerprint density at radius 2 is 1.75 bits per heavy atom. The fourth-order valence-electron chi connectivity index (χ4n) is 5.48. The Bertz CT molecular complexity index is 406. The molecular formula is C15H23NO4. The van der Waals surface area contributed by atoms with Crippen LogP contribution in [0.4, 0.5) is 0 Å². The molecule has 0 radical (unpaired) electrons. The molecule has 5 nitrogen and oxygen atoms in total. The van der Waals surface area contributed by atoms with Crippen LogP contribution in [0.5, 0.6) is 0 Å². The molecule has 1 unspecified atom stereocenters. The molecule has 1 atom stereocenters. The highest BCUT2D eigenvalue weighted by Gasteiger charge is 2.65. The van der Waals surface area contributed by atoms with E-state index in [0.717, 1.165) is 25.7 Å². The summed E-state index contributed by atoms with van der Waals surface area (Å²) in [5.41, 5.74) is -0.874. The largest absolute Gasteiger partial charge is 0.469 e. The van der Waals surface area contributed by atoms with Crippen molar-refractivity contribution >= 4 is 5.97 Å². The van der Waals surface area contributed by atoms with E-state index in [4.69, 9.17) is 4.74 Å². The smallest absolute Gasteiger partial charge is 0.308 e. The van der Waals surface area contributed by atoms with Gasteiger partial charge in [-0.2, -0.15) is 0 Å². The lowest BCUT2D eigenvalue weighted by Crippen LogP contribution is -2.62. The van der Waals surface area contributed by atoms with Crippen molar-refractivity contribution in [2.45, 2.75) is 51.0 Å². The monoisotopic (exact) mass is 281 g/mol. The second-order valence-electron chi connectivity index (χ2n) is 7.18. The predicted molar refractivity (Wildman–Crippen MR) is 72.6 cm³/mol. The molecule has 112 valence electrons. The molecule has 0 saturated heterocycles. The van der Waals surface area contributed by atoms with Gasteiger partial charge < -0.3 is 4.74 Å². The van der Waals surface area contributed by atoms with Gasteiger partial charge >= 0.3 is 5.97 Å². The van der Waals surface area contributed by atoms with Gasteiger partial charge in [-0.05, 0) is 43.9 Å². The van der Waals surface area contributed by atoms with E-state index in [-0.39, 0.29) is 28.6 Å². The Kier molecular flexibility index (Phi) is 3.26. The number of carbonyl (C=O) groups excluding carboxylic acids is 1. The minimum Gasteiger partial charge on any atom is -0.469 e. The first kappa shape index (κ1) is 13.8. The van der Waals surface area contributed by atoms with Gasteiger partial charge in [-0.15, -0.1) is 0 Å². The van der Waals surface area contributed by atoms with Crippen molar-refractivity contribution in [3.05, 3.63) is 10.1 Å². The summed E-state index contributed by atoms with van der Waals surface area (Å²) < 4.78 is 4.77. The number of ether oxygens (including phenoxy) is 1. The molecule has 4 bridgehead atoms. The van der Waals surface area contributed by atoms with Gasteiger partial charge in [-0.25, -0.2) is 0 Å². The van der Waals surface area contributed by atoms with Crippen LogP contribution < -0.4 is 0 Å². The first-order valence-corrected chi connectivity index (χ1v) is 7.69. The van der Waals surface area contributed by atoms with Crippen LogP contribution in [-0.2, 0) is 9.53 Å². The standard InChI is InChI=1S/C15H23NO4/c1-9(14(17)20-2)8-15(16(18)19)12-4-10-3-11(6-12)7-13(15)5-10/h9-13H,3-8H2,1-2H3. The first-order chi connectivity index (χ1) is 9.47. The fourth-order valence-corrected chi connectivity index (χ4v) is 5.48. The maximum absolute atomic E-state index is 11.9. The van der Waals surface area contributed by atoms with Gasteiger partial charge in [0.25, 0.3) is 0 Å². The van der Waals surface area contributed by atoms with Crippen LogP contribution in [0.3, 0.4) is 0 Å². The second-order valence-corrected chi connectivity index (χ2v) is 7.18. The van der Waals surface area contributed by atoms with Crippen LogP contribution >= 0.6 is 0 Å². The normalized spacial score (nSPS) is 43.3. The Labute approximate surface area is 119 Å². The molecular weight excluding hydrogens is 258 g/mol. The molecule has 5 heteroatoms. The summed E-state index contributed by atoms with van der Waals surface area (Å²) in [6.45, 7) is 1.77. The molecule has 4 rings (SSSR count). The van der Waals surface area contributed by atoms with Crippen molar-refractivity contribution in [2.75, 3.05) is 7.11 Å².